The van der Waals surface area contributed by atoms with Crippen LogP contribution in [0.1, 0.15) is 43.2 Å². The molecule has 1 saturated carbocycles. The fourth-order valence-electron chi connectivity index (χ4n) is 4.68. The van der Waals surface area contributed by atoms with Gasteiger partial charge in [0.15, 0.2) is 6.10 Å². The molecule has 3 aliphatic rings. The third kappa shape index (κ3) is 5.33. The Morgan fingerprint density at radius 2 is 1.79 bits per heavy atom. The minimum absolute atomic E-state index is 0.0318. The summed E-state index contributed by atoms with van der Waals surface area (Å²) in [7, 11) is 0. The third-order valence-corrected chi connectivity index (χ3v) is 6.87. The van der Waals surface area contributed by atoms with Crippen molar-refractivity contribution >= 4 is 11.6 Å². The lowest BCUT2D eigenvalue weighted by atomic mass is 10.1. The van der Waals surface area contributed by atoms with Gasteiger partial charge in [0.1, 0.15) is 18.1 Å². The van der Waals surface area contributed by atoms with E-state index in [1.165, 1.54) is 18.4 Å². The average molecular weight is 451 g/mol. The number of rotatable bonds is 9. The Kier molecular flexibility index (Phi) is 6.83. The molecule has 0 bridgehead atoms. The van der Waals surface area contributed by atoms with E-state index in [0.717, 1.165) is 67.9 Å². The van der Waals surface area contributed by atoms with Crippen LogP contribution < -0.4 is 14.4 Å². The monoisotopic (exact) mass is 450 g/mol. The second kappa shape index (κ2) is 10.1. The molecule has 5 rings (SSSR count). The van der Waals surface area contributed by atoms with Gasteiger partial charge in [-0.15, -0.1) is 0 Å². The van der Waals surface area contributed by atoms with Gasteiger partial charge in [0, 0.05) is 38.3 Å². The Hall–Kier alpha value is -2.57. The van der Waals surface area contributed by atoms with E-state index in [1.54, 1.807) is 0 Å². The highest BCUT2D eigenvalue weighted by Gasteiger charge is 2.34. The summed E-state index contributed by atoms with van der Waals surface area (Å²) in [6, 6.07) is 14.4. The normalized spacial score (nSPS) is 21.4. The van der Waals surface area contributed by atoms with Crippen molar-refractivity contribution in [1.82, 2.24) is 4.90 Å². The number of anilines is 1. The third-order valence-electron chi connectivity index (χ3n) is 6.87. The predicted octanol–water partition coefficient (Wildman–Crippen LogP) is 4.02. The zero-order valence-corrected chi connectivity index (χ0v) is 19.5. The van der Waals surface area contributed by atoms with Crippen LogP contribution in [0.15, 0.2) is 42.5 Å². The second-order valence-corrected chi connectivity index (χ2v) is 9.18. The van der Waals surface area contributed by atoms with Crippen LogP contribution in [0.2, 0.25) is 0 Å². The molecule has 2 aromatic carbocycles. The summed E-state index contributed by atoms with van der Waals surface area (Å²) in [6.45, 7) is 7.89. The first-order chi connectivity index (χ1) is 16.2. The lowest BCUT2D eigenvalue weighted by Crippen LogP contribution is -2.38. The Labute approximate surface area is 196 Å². The first-order valence-corrected chi connectivity index (χ1v) is 12.3. The van der Waals surface area contributed by atoms with Crippen LogP contribution in [0.5, 0.6) is 11.5 Å². The quantitative estimate of drug-likeness (QED) is 0.578. The number of morpholine rings is 1. The molecule has 1 aliphatic carbocycles. The number of hydrogen-bond acceptors (Lipinski definition) is 5. The van der Waals surface area contributed by atoms with Crippen LogP contribution in [0, 0.1) is 0 Å². The minimum Gasteiger partial charge on any atom is -0.492 e. The summed E-state index contributed by atoms with van der Waals surface area (Å²) in [5.74, 6) is 2.44. The van der Waals surface area contributed by atoms with Crippen molar-refractivity contribution in [3.8, 4) is 11.5 Å². The van der Waals surface area contributed by atoms with Crippen LogP contribution in [0.3, 0.4) is 0 Å². The maximum absolute atomic E-state index is 13.1. The van der Waals surface area contributed by atoms with Gasteiger partial charge < -0.3 is 19.1 Å². The Balaban J connectivity index is 1.18. The number of benzene rings is 2. The fraction of sp³-hybridized carbons (Fsp3) is 0.519. The van der Waals surface area contributed by atoms with Crippen molar-refractivity contribution in [2.24, 2.45) is 0 Å². The molecule has 0 radical (unpaired) electrons. The van der Waals surface area contributed by atoms with E-state index in [9.17, 15) is 4.79 Å². The van der Waals surface area contributed by atoms with Gasteiger partial charge >= 0.3 is 0 Å². The molecule has 1 atom stereocenters. The van der Waals surface area contributed by atoms with E-state index in [2.05, 4.69) is 30.0 Å². The average Bonchev–Trinajstić information content (AvgIpc) is 3.64. The fourth-order valence-corrected chi connectivity index (χ4v) is 4.68. The molecule has 2 saturated heterocycles. The van der Waals surface area contributed by atoms with Gasteiger partial charge in [-0.05, 0) is 66.6 Å². The number of nitrogens with zero attached hydrogens (tertiary/aromatic N) is 2. The molecular weight excluding hydrogens is 416 g/mol. The highest BCUT2D eigenvalue weighted by atomic mass is 16.5. The van der Waals surface area contributed by atoms with Gasteiger partial charge in [-0.25, -0.2) is 0 Å². The minimum atomic E-state index is -0.425. The molecular formula is C27H34N2O4. The summed E-state index contributed by atoms with van der Waals surface area (Å²) >= 11 is 0. The molecule has 0 unspecified atom stereocenters. The van der Waals surface area contributed by atoms with Gasteiger partial charge in [0.05, 0.1) is 13.2 Å². The zero-order valence-electron chi connectivity index (χ0n) is 19.5. The smallest absolute Gasteiger partial charge is 0.268 e. The van der Waals surface area contributed by atoms with Crippen LogP contribution in [-0.2, 0) is 16.0 Å². The van der Waals surface area contributed by atoms with Crippen LogP contribution in [-0.4, -0.2) is 62.9 Å². The lowest BCUT2D eigenvalue weighted by molar-refractivity contribution is -0.122. The number of aryl methyl sites for hydroxylation is 1. The molecule has 33 heavy (non-hydrogen) atoms. The first-order valence-electron chi connectivity index (χ1n) is 12.3. The summed E-state index contributed by atoms with van der Waals surface area (Å²) in [6.07, 6.45) is 3.70. The summed E-state index contributed by atoms with van der Waals surface area (Å²) < 4.78 is 17.6. The Morgan fingerprint density at radius 1 is 1.00 bits per heavy atom. The molecule has 0 N–H and O–H groups in total. The molecule has 2 aromatic rings. The molecule has 6 nitrogen and oxygen atoms in total. The SMILES string of the molecule is CCc1cc(N2CC[C@H](Oc3ccc(C4CC4)cc3)C2=O)ccc1OCCN1CCOCC1. The molecule has 2 heterocycles. The van der Waals surface area contributed by atoms with Crippen molar-refractivity contribution in [3.05, 3.63) is 53.6 Å². The molecule has 6 heteroatoms. The van der Waals surface area contributed by atoms with E-state index < -0.39 is 6.10 Å². The topological polar surface area (TPSA) is 51.2 Å². The Morgan fingerprint density at radius 3 is 2.52 bits per heavy atom. The predicted molar refractivity (Wildman–Crippen MR) is 128 cm³/mol. The van der Waals surface area contributed by atoms with Gasteiger partial charge in [-0.3, -0.25) is 9.69 Å². The maximum atomic E-state index is 13.1. The molecule has 3 fully saturated rings. The van der Waals surface area contributed by atoms with Gasteiger partial charge in [-0.1, -0.05) is 19.1 Å². The molecule has 2 aliphatic heterocycles. The molecule has 0 aromatic heterocycles. The lowest BCUT2D eigenvalue weighted by Gasteiger charge is -2.26. The summed E-state index contributed by atoms with van der Waals surface area (Å²) in [4.78, 5) is 17.3. The summed E-state index contributed by atoms with van der Waals surface area (Å²) in [5, 5.41) is 0. The first kappa shape index (κ1) is 22.2. The van der Waals surface area contributed by atoms with Crippen LogP contribution in [0.25, 0.3) is 0 Å². The number of hydrogen-bond donors (Lipinski definition) is 0. The standard InChI is InChI=1S/C27H34N2O4/c1-2-20-19-23(7-10-25(20)32-18-15-28-13-16-31-17-14-28)29-12-11-26(27(29)30)33-24-8-5-22(6-9-24)21-3-4-21/h5-10,19,21,26H,2-4,11-18H2,1H3/t26-/m0/s1. The van der Waals surface area contributed by atoms with Gasteiger partial charge in [0.25, 0.3) is 5.91 Å². The molecule has 176 valence electrons. The Bertz CT molecular complexity index is 951. The summed E-state index contributed by atoms with van der Waals surface area (Å²) in [5.41, 5.74) is 3.43. The van der Waals surface area contributed by atoms with E-state index in [1.807, 2.05) is 29.2 Å². The zero-order chi connectivity index (χ0) is 22.6. The van der Waals surface area contributed by atoms with E-state index in [0.29, 0.717) is 19.6 Å². The van der Waals surface area contributed by atoms with E-state index in [-0.39, 0.29) is 5.91 Å². The van der Waals surface area contributed by atoms with Crippen molar-refractivity contribution in [2.45, 2.75) is 44.6 Å². The van der Waals surface area contributed by atoms with Crippen molar-refractivity contribution in [2.75, 3.05) is 50.9 Å². The highest BCUT2D eigenvalue weighted by Crippen LogP contribution is 2.40. The second-order valence-electron chi connectivity index (χ2n) is 9.18. The maximum Gasteiger partial charge on any atom is 0.268 e. The number of ether oxygens (including phenoxy) is 3. The molecule has 0 spiro atoms. The van der Waals surface area contributed by atoms with Crippen molar-refractivity contribution in [1.29, 1.82) is 0 Å². The molecule has 1 amide bonds. The van der Waals surface area contributed by atoms with E-state index >= 15 is 0 Å². The van der Waals surface area contributed by atoms with Crippen LogP contribution in [0.4, 0.5) is 5.69 Å². The highest BCUT2D eigenvalue weighted by molar-refractivity contribution is 5.99. The van der Waals surface area contributed by atoms with Gasteiger partial charge in [-0.2, -0.15) is 0 Å². The largest absolute Gasteiger partial charge is 0.492 e. The number of carbonyl (C=O) groups excluding carboxylic acids is 1. The van der Waals surface area contributed by atoms with Crippen molar-refractivity contribution < 1.29 is 19.0 Å². The number of amides is 1. The van der Waals surface area contributed by atoms with Gasteiger partial charge in [0.2, 0.25) is 0 Å². The van der Waals surface area contributed by atoms with E-state index in [4.69, 9.17) is 14.2 Å². The van der Waals surface area contributed by atoms with Crippen LogP contribution >= 0.6 is 0 Å². The van der Waals surface area contributed by atoms with Crippen molar-refractivity contribution in [3.63, 3.8) is 0 Å². The number of carbonyl (C=O) groups is 1.